The Hall–Kier alpha value is -0.0800. The van der Waals surface area contributed by atoms with Gasteiger partial charge in [-0.1, -0.05) is 51.4 Å². The fourth-order valence-corrected chi connectivity index (χ4v) is 10.7. The van der Waals surface area contributed by atoms with Crippen LogP contribution >= 0.6 is 0 Å². The van der Waals surface area contributed by atoms with Crippen LogP contribution in [0.25, 0.3) is 0 Å². The zero-order chi connectivity index (χ0) is 19.6. The number of hydrogen-bond donors (Lipinski definition) is 2. The molecule has 6 fully saturated rings. The predicted molar refractivity (Wildman–Crippen MR) is 116 cm³/mol. The Balaban J connectivity index is 1.36. The van der Waals surface area contributed by atoms with Gasteiger partial charge in [-0.25, -0.2) is 0 Å². The maximum Gasteiger partial charge on any atom is 0.0736 e. The van der Waals surface area contributed by atoms with Crippen molar-refractivity contribution in [2.75, 3.05) is 0 Å². The van der Waals surface area contributed by atoms with E-state index >= 15 is 0 Å². The first kappa shape index (κ1) is 19.6. The van der Waals surface area contributed by atoms with Crippen LogP contribution in [-0.4, -0.2) is 21.4 Å². The minimum absolute atomic E-state index is 0.484. The first-order valence-electron chi connectivity index (χ1n) is 13.6. The van der Waals surface area contributed by atoms with Gasteiger partial charge < -0.3 is 10.2 Å². The summed E-state index contributed by atoms with van der Waals surface area (Å²) in [6.45, 7) is 0. The topological polar surface area (TPSA) is 40.5 Å². The molecular formula is C27H44O2. The molecule has 0 radical (unpaired) electrons. The molecule has 6 aliphatic rings. The highest BCUT2D eigenvalue weighted by atomic mass is 16.3. The molecule has 6 saturated carbocycles. The van der Waals surface area contributed by atoms with Gasteiger partial charge in [0.05, 0.1) is 11.2 Å². The zero-order valence-electron chi connectivity index (χ0n) is 18.5. The van der Waals surface area contributed by atoms with Crippen molar-refractivity contribution >= 4 is 0 Å². The van der Waals surface area contributed by atoms with Crippen LogP contribution in [0.3, 0.4) is 0 Å². The third-order valence-corrected chi connectivity index (χ3v) is 11.5. The third kappa shape index (κ3) is 2.80. The molecule has 8 unspecified atom stereocenters. The first-order valence-corrected chi connectivity index (χ1v) is 13.6. The largest absolute Gasteiger partial charge is 0.389 e. The average molecular weight is 401 g/mol. The van der Waals surface area contributed by atoms with E-state index in [1.54, 1.807) is 0 Å². The number of fused-ring (bicyclic) bond motifs is 6. The second kappa shape index (κ2) is 7.22. The molecule has 0 amide bonds. The SMILES string of the molecule is OC1(CC2(O)C3CCCCC3C3CCCCC32)C2CCCCC2C2CCCCC21. The van der Waals surface area contributed by atoms with Crippen molar-refractivity contribution in [2.24, 2.45) is 47.3 Å². The van der Waals surface area contributed by atoms with Gasteiger partial charge in [0.2, 0.25) is 0 Å². The number of hydrogen-bond acceptors (Lipinski definition) is 2. The molecule has 2 heteroatoms. The molecule has 0 heterocycles. The van der Waals surface area contributed by atoms with Gasteiger partial charge in [-0.05, 0) is 98.7 Å². The van der Waals surface area contributed by atoms with Crippen molar-refractivity contribution in [3.05, 3.63) is 0 Å². The van der Waals surface area contributed by atoms with Crippen LogP contribution in [0.1, 0.15) is 109 Å². The molecule has 0 saturated heterocycles. The second-order valence-electron chi connectivity index (χ2n) is 12.4. The Bertz CT molecular complexity index is 518. The summed E-state index contributed by atoms with van der Waals surface area (Å²) in [7, 11) is 0. The molecule has 0 aromatic rings. The van der Waals surface area contributed by atoms with E-state index in [1.807, 2.05) is 0 Å². The summed E-state index contributed by atoms with van der Waals surface area (Å²) < 4.78 is 0. The molecule has 0 aliphatic heterocycles. The summed E-state index contributed by atoms with van der Waals surface area (Å²) in [6, 6.07) is 0. The maximum atomic E-state index is 12.5. The lowest BCUT2D eigenvalue weighted by molar-refractivity contribution is -0.154. The molecule has 0 spiro atoms. The highest BCUT2D eigenvalue weighted by molar-refractivity contribution is 5.16. The van der Waals surface area contributed by atoms with E-state index in [-0.39, 0.29) is 0 Å². The first-order chi connectivity index (χ1) is 14.1. The summed E-state index contributed by atoms with van der Waals surface area (Å²) in [4.78, 5) is 0. The van der Waals surface area contributed by atoms with E-state index in [0.29, 0.717) is 23.7 Å². The van der Waals surface area contributed by atoms with E-state index < -0.39 is 11.2 Å². The Morgan fingerprint density at radius 1 is 0.414 bits per heavy atom. The summed E-state index contributed by atoms with van der Waals surface area (Å²) in [5.74, 6) is 4.97. The lowest BCUT2D eigenvalue weighted by atomic mass is 9.63. The van der Waals surface area contributed by atoms with Gasteiger partial charge in [-0.3, -0.25) is 0 Å². The molecule has 164 valence electrons. The minimum Gasteiger partial charge on any atom is -0.389 e. The van der Waals surface area contributed by atoms with Gasteiger partial charge in [-0.15, -0.1) is 0 Å². The molecule has 0 aromatic heterocycles. The monoisotopic (exact) mass is 400 g/mol. The Morgan fingerprint density at radius 3 is 0.931 bits per heavy atom. The van der Waals surface area contributed by atoms with Crippen molar-refractivity contribution in [3.8, 4) is 0 Å². The average Bonchev–Trinajstić information content (AvgIpc) is 3.17. The lowest BCUT2D eigenvalue weighted by Crippen LogP contribution is -2.54. The summed E-state index contributed by atoms with van der Waals surface area (Å²) >= 11 is 0. The van der Waals surface area contributed by atoms with E-state index in [1.165, 1.54) is 103 Å². The Labute approximate surface area is 178 Å². The number of rotatable bonds is 2. The molecule has 2 nitrogen and oxygen atoms in total. The summed E-state index contributed by atoms with van der Waals surface area (Å²) in [5, 5.41) is 25.1. The van der Waals surface area contributed by atoms with Gasteiger partial charge in [0, 0.05) is 6.42 Å². The van der Waals surface area contributed by atoms with Crippen LogP contribution in [0.5, 0.6) is 0 Å². The summed E-state index contributed by atoms with van der Waals surface area (Å²) in [6.07, 6.45) is 21.8. The fraction of sp³-hybridized carbons (Fsp3) is 1.00. The van der Waals surface area contributed by atoms with Crippen LogP contribution in [0, 0.1) is 47.3 Å². The fourth-order valence-electron chi connectivity index (χ4n) is 10.7. The molecule has 0 aromatic carbocycles. The van der Waals surface area contributed by atoms with Crippen LogP contribution in [0.2, 0.25) is 0 Å². The van der Waals surface area contributed by atoms with Crippen molar-refractivity contribution in [3.63, 3.8) is 0 Å². The Morgan fingerprint density at radius 2 is 0.655 bits per heavy atom. The summed E-state index contributed by atoms with van der Waals surface area (Å²) in [5.41, 5.74) is -1.14. The van der Waals surface area contributed by atoms with Crippen molar-refractivity contribution < 1.29 is 10.2 Å². The maximum absolute atomic E-state index is 12.5. The number of aliphatic hydroxyl groups is 2. The van der Waals surface area contributed by atoms with Crippen molar-refractivity contribution in [2.45, 2.75) is 120 Å². The normalized spacial score (nSPS) is 56.9. The molecule has 2 N–H and O–H groups in total. The predicted octanol–water partition coefficient (Wildman–Crippen LogP) is 6.09. The van der Waals surface area contributed by atoms with Crippen LogP contribution in [0.4, 0.5) is 0 Å². The molecule has 0 bridgehead atoms. The third-order valence-electron chi connectivity index (χ3n) is 11.5. The lowest BCUT2D eigenvalue weighted by Gasteiger charge is -2.48. The van der Waals surface area contributed by atoms with E-state index in [2.05, 4.69) is 0 Å². The minimum atomic E-state index is -0.570. The van der Waals surface area contributed by atoms with Crippen LogP contribution < -0.4 is 0 Å². The quantitative estimate of drug-likeness (QED) is 0.589. The highest BCUT2D eigenvalue weighted by Crippen LogP contribution is 2.66. The van der Waals surface area contributed by atoms with Gasteiger partial charge in [0.1, 0.15) is 0 Å². The van der Waals surface area contributed by atoms with Crippen LogP contribution in [0.15, 0.2) is 0 Å². The van der Waals surface area contributed by atoms with E-state index in [4.69, 9.17) is 0 Å². The molecular weight excluding hydrogens is 356 g/mol. The van der Waals surface area contributed by atoms with Gasteiger partial charge in [0.25, 0.3) is 0 Å². The van der Waals surface area contributed by atoms with Crippen LogP contribution in [-0.2, 0) is 0 Å². The van der Waals surface area contributed by atoms with Gasteiger partial charge in [-0.2, -0.15) is 0 Å². The van der Waals surface area contributed by atoms with E-state index in [0.717, 1.165) is 30.1 Å². The van der Waals surface area contributed by atoms with Gasteiger partial charge in [0.15, 0.2) is 0 Å². The Kier molecular flexibility index (Phi) is 4.88. The van der Waals surface area contributed by atoms with Gasteiger partial charge >= 0.3 is 0 Å². The molecule has 29 heavy (non-hydrogen) atoms. The molecule has 6 rings (SSSR count). The highest BCUT2D eigenvalue weighted by Gasteiger charge is 2.66. The van der Waals surface area contributed by atoms with E-state index in [9.17, 15) is 10.2 Å². The standard InChI is InChI=1S/C27H44O2/c28-26(22-13-5-1-9-18(22)19-10-2-6-14-23(19)26)17-27(29)24-15-7-3-11-20(24)21-12-4-8-16-25(21)27/h18-25,28-29H,1-17H2. The smallest absolute Gasteiger partial charge is 0.0736 e. The van der Waals surface area contributed by atoms with Crippen molar-refractivity contribution in [1.82, 2.24) is 0 Å². The molecule has 8 atom stereocenters. The second-order valence-corrected chi connectivity index (χ2v) is 12.4. The zero-order valence-corrected chi connectivity index (χ0v) is 18.5. The van der Waals surface area contributed by atoms with Crippen molar-refractivity contribution in [1.29, 1.82) is 0 Å². The molecule has 6 aliphatic carbocycles.